The highest BCUT2D eigenvalue weighted by Crippen LogP contribution is 1.98. The predicted molar refractivity (Wildman–Crippen MR) is 70.9 cm³/mol. The summed E-state index contributed by atoms with van der Waals surface area (Å²) in [7, 11) is 0. The van der Waals surface area contributed by atoms with Gasteiger partial charge in [-0.15, -0.1) is 0 Å². The van der Waals surface area contributed by atoms with Gasteiger partial charge in [-0.3, -0.25) is 9.79 Å². The smallest absolute Gasteiger partial charge is 0.269 e. The Morgan fingerprint density at radius 3 is 2.37 bits per heavy atom. The fourth-order valence-corrected chi connectivity index (χ4v) is 1.81. The van der Waals surface area contributed by atoms with Gasteiger partial charge in [0.25, 0.3) is 5.91 Å². The van der Waals surface area contributed by atoms with Gasteiger partial charge in [-0.05, 0) is 24.3 Å². The molecule has 0 saturated carbocycles. The summed E-state index contributed by atoms with van der Waals surface area (Å²) >= 11 is 0. The lowest BCUT2D eigenvalue weighted by Crippen LogP contribution is -2.35. The lowest BCUT2D eigenvalue weighted by Gasteiger charge is -2.04. The molecule has 1 amide bonds. The lowest BCUT2D eigenvalue weighted by atomic mass is 10.2. The van der Waals surface area contributed by atoms with Gasteiger partial charge in [-0.25, -0.2) is 4.99 Å². The molecule has 3 heteroatoms. The van der Waals surface area contributed by atoms with Crippen LogP contribution in [0.5, 0.6) is 0 Å². The highest BCUT2D eigenvalue weighted by atomic mass is 16.1. The largest absolute Gasteiger partial charge is 0.283 e. The second-order valence-corrected chi connectivity index (χ2v) is 4.11. The Kier molecular flexibility index (Phi) is 2.91. The molecule has 0 spiro atoms. The van der Waals surface area contributed by atoms with Crippen molar-refractivity contribution in [1.29, 1.82) is 0 Å². The van der Waals surface area contributed by atoms with Crippen LogP contribution in [0.4, 0.5) is 0 Å². The van der Waals surface area contributed by atoms with E-state index in [9.17, 15) is 4.79 Å². The molecule has 1 aliphatic rings. The van der Waals surface area contributed by atoms with Crippen LogP contribution in [0.15, 0.2) is 64.6 Å². The highest BCUT2D eigenvalue weighted by Gasteiger charge is 2.16. The molecule has 3 nitrogen and oxygen atoms in total. The van der Waals surface area contributed by atoms with Crippen LogP contribution in [-0.2, 0) is 4.79 Å². The maximum Gasteiger partial charge on any atom is 0.283 e. The van der Waals surface area contributed by atoms with E-state index in [0.29, 0.717) is 5.36 Å². The van der Waals surface area contributed by atoms with Gasteiger partial charge in [-0.2, -0.15) is 0 Å². The molecular formula is C16H10N2O. The summed E-state index contributed by atoms with van der Waals surface area (Å²) in [5.74, 6) is 5.52. The molecule has 1 heterocycles. The molecule has 0 aliphatic carbocycles. The lowest BCUT2D eigenvalue weighted by molar-refractivity contribution is -0.118. The Morgan fingerprint density at radius 2 is 1.58 bits per heavy atom. The Labute approximate surface area is 110 Å². The Morgan fingerprint density at radius 1 is 0.895 bits per heavy atom. The van der Waals surface area contributed by atoms with E-state index >= 15 is 0 Å². The fourth-order valence-electron chi connectivity index (χ4n) is 1.81. The van der Waals surface area contributed by atoms with Crippen molar-refractivity contribution in [3.8, 4) is 11.8 Å². The van der Waals surface area contributed by atoms with Gasteiger partial charge in [0.1, 0.15) is 0 Å². The summed E-state index contributed by atoms with van der Waals surface area (Å²) < 4.78 is 0. The Bertz CT molecular complexity index is 798. The molecule has 0 saturated heterocycles. The third-order valence-electron chi connectivity index (χ3n) is 2.74. The summed E-state index contributed by atoms with van der Waals surface area (Å²) in [6.45, 7) is 0. The summed E-state index contributed by atoms with van der Waals surface area (Å²) in [6, 6.07) is 16.1. The number of carbonyl (C=O) groups is 1. The van der Waals surface area contributed by atoms with Crippen LogP contribution in [0, 0.1) is 11.8 Å². The summed E-state index contributed by atoms with van der Waals surface area (Å²) in [5.41, 5.74) is 0.865. The number of hydrogen-bond donors (Lipinski definition) is 0. The molecule has 2 aromatic carbocycles. The first-order valence-electron chi connectivity index (χ1n) is 5.95. The van der Waals surface area contributed by atoms with E-state index in [1.807, 2.05) is 48.5 Å². The van der Waals surface area contributed by atoms with E-state index in [1.165, 1.54) is 0 Å². The molecule has 2 aromatic rings. The van der Waals surface area contributed by atoms with Crippen molar-refractivity contribution in [3.63, 3.8) is 0 Å². The zero-order chi connectivity index (χ0) is 13.1. The van der Waals surface area contributed by atoms with Crippen molar-refractivity contribution < 1.29 is 4.79 Å². The predicted octanol–water partition coefficient (Wildman–Crippen LogP) is 0.886. The van der Waals surface area contributed by atoms with Gasteiger partial charge in [0.15, 0.2) is 6.04 Å². The minimum absolute atomic E-state index is 0.304. The number of para-hydroxylation sites is 2. The van der Waals surface area contributed by atoms with Gasteiger partial charge in [-0.1, -0.05) is 42.2 Å². The Hall–Kier alpha value is -2.73. The zero-order valence-corrected chi connectivity index (χ0v) is 10.1. The number of nitrogens with zero attached hydrogens (tertiary/aromatic N) is 2. The van der Waals surface area contributed by atoms with E-state index in [0.717, 1.165) is 10.9 Å². The van der Waals surface area contributed by atoms with Gasteiger partial charge in [0, 0.05) is 5.56 Å². The number of fused-ring (bicyclic) bond motifs is 1. The monoisotopic (exact) mass is 246 g/mol. The quantitative estimate of drug-likeness (QED) is 0.636. The number of amides is 1. The number of hydrogen-bond acceptors (Lipinski definition) is 2. The molecular weight excluding hydrogens is 236 g/mol. The molecule has 3 rings (SSSR count). The van der Waals surface area contributed by atoms with Crippen molar-refractivity contribution in [2.24, 2.45) is 9.98 Å². The second-order valence-electron chi connectivity index (χ2n) is 4.11. The van der Waals surface area contributed by atoms with Gasteiger partial charge < -0.3 is 0 Å². The number of carbonyl (C=O) groups excluding carboxylic acids is 1. The zero-order valence-electron chi connectivity index (χ0n) is 10.1. The minimum atomic E-state index is -0.699. The Balaban J connectivity index is 1.99. The van der Waals surface area contributed by atoms with Crippen LogP contribution < -0.4 is 10.7 Å². The van der Waals surface area contributed by atoms with Gasteiger partial charge in [0.05, 0.1) is 10.7 Å². The molecule has 19 heavy (non-hydrogen) atoms. The maximum absolute atomic E-state index is 11.8. The van der Waals surface area contributed by atoms with E-state index in [2.05, 4.69) is 21.8 Å². The average molecular weight is 246 g/mol. The van der Waals surface area contributed by atoms with Gasteiger partial charge in [0.2, 0.25) is 0 Å². The fraction of sp³-hybridized carbons (Fsp3) is 0.0625. The first kappa shape index (κ1) is 11.4. The molecule has 0 fully saturated rings. The number of rotatable bonds is 0. The normalized spacial score (nSPS) is 16.4. The topological polar surface area (TPSA) is 41.8 Å². The third kappa shape index (κ3) is 2.43. The molecule has 1 unspecified atom stereocenters. The maximum atomic E-state index is 11.8. The van der Waals surface area contributed by atoms with Crippen molar-refractivity contribution >= 4 is 5.91 Å². The molecule has 0 radical (unpaired) electrons. The number of benzene rings is 2. The van der Waals surface area contributed by atoms with Crippen LogP contribution >= 0.6 is 0 Å². The standard InChI is InChI=1S/C16H10N2O/c19-16-15(11-10-12-6-2-1-3-7-12)17-13-8-4-5-9-14(13)18-16/h1-9,15H. The van der Waals surface area contributed by atoms with E-state index in [-0.39, 0.29) is 5.91 Å². The first-order chi connectivity index (χ1) is 9.33. The van der Waals surface area contributed by atoms with Crippen molar-refractivity contribution in [2.75, 3.05) is 0 Å². The minimum Gasteiger partial charge on any atom is -0.269 e. The van der Waals surface area contributed by atoms with E-state index in [4.69, 9.17) is 0 Å². The summed E-state index contributed by atoms with van der Waals surface area (Å²) in [4.78, 5) is 20.1. The van der Waals surface area contributed by atoms with Crippen molar-refractivity contribution in [3.05, 3.63) is 70.9 Å². The van der Waals surface area contributed by atoms with Crippen LogP contribution in [0.25, 0.3) is 0 Å². The van der Waals surface area contributed by atoms with E-state index < -0.39 is 6.04 Å². The summed E-state index contributed by atoms with van der Waals surface area (Å²) in [6.07, 6.45) is 0. The van der Waals surface area contributed by atoms with Gasteiger partial charge >= 0.3 is 0 Å². The molecule has 0 bridgehead atoms. The summed E-state index contributed by atoms with van der Waals surface area (Å²) in [5, 5.41) is 1.33. The van der Waals surface area contributed by atoms with Crippen LogP contribution in [0.2, 0.25) is 0 Å². The molecule has 90 valence electrons. The first-order valence-corrected chi connectivity index (χ1v) is 5.95. The van der Waals surface area contributed by atoms with Crippen LogP contribution in [0.1, 0.15) is 5.56 Å². The molecule has 0 N–H and O–H groups in total. The van der Waals surface area contributed by atoms with Crippen molar-refractivity contribution in [2.45, 2.75) is 6.04 Å². The van der Waals surface area contributed by atoms with Crippen LogP contribution in [-0.4, -0.2) is 11.9 Å². The molecule has 1 atom stereocenters. The third-order valence-corrected chi connectivity index (χ3v) is 2.74. The second kappa shape index (κ2) is 4.87. The average Bonchev–Trinajstić information content (AvgIpc) is 2.46. The highest BCUT2D eigenvalue weighted by molar-refractivity contribution is 5.86. The van der Waals surface area contributed by atoms with Crippen LogP contribution in [0.3, 0.4) is 0 Å². The molecule has 0 aromatic heterocycles. The SMILES string of the molecule is O=C1N=c2ccccc2=NC1C#Cc1ccccc1. The molecule has 1 aliphatic heterocycles. The van der Waals surface area contributed by atoms with E-state index in [1.54, 1.807) is 6.07 Å². The van der Waals surface area contributed by atoms with Crippen molar-refractivity contribution in [1.82, 2.24) is 0 Å².